The Balaban J connectivity index is 1.84. The second kappa shape index (κ2) is 5.94. The van der Waals surface area contributed by atoms with Crippen LogP contribution in [0.4, 0.5) is 4.39 Å². The van der Waals surface area contributed by atoms with E-state index < -0.39 is 5.97 Å². The van der Waals surface area contributed by atoms with Crippen molar-refractivity contribution in [2.75, 3.05) is 13.7 Å². The van der Waals surface area contributed by atoms with Crippen LogP contribution in [0.15, 0.2) is 30.5 Å². The molecule has 0 unspecified atom stereocenters. The average molecular weight is 265 g/mol. The van der Waals surface area contributed by atoms with Gasteiger partial charge in [0.2, 0.25) is 0 Å². The highest BCUT2D eigenvalue weighted by Crippen LogP contribution is 2.10. The highest BCUT2D eigenvalue weighted by Gasteiger charge is 2.10. The SMILES string of the molecule is COC(=O)c1cn(CCOc2ccc(F)cc2)nn1. The van der Waals surface area contributed by atoms with E-state index in [1.807, 2.05) is 0 Å². The summed E-state index contributed by atoms with van der Waals surface area (Å²) in [5, 5.41) is 7.41. The molecule has 0 saturated carbocycles. The van der Waals surface area contributed by atoms with Crippen molar-refractivity contribution in [3.05, 3.63) is 42.0 Å². The summed E-state index contributed by atoms with van der Waals surface area (Å²) in [6.45, 7) is 0.747. The van der Waals surface area contributed by atoms with Crippen LogP contribution in [0.3, 0.4) is 0 Å². The molecule has 0 fully saturated rings. The number of esters is 1. The Bertz CT molecular complexity index is 554. The zero-order valence-electron chi connectivity index (χ0n) is 10.2. The molecule has 0 aliphatic heterocycles. The van der Waals surface area contributed by atoms with Gasteiger partial charge in [-0.1, -0.05) is 5.21 Å². The lowest BCUT2D eigenvalue weighted by Crippen LogP contribution is -2.08. The Hall–Kier alpha value is -2.44. The van der Waals surface area contributed by atoms with Crippen LogP contribution in [0.25, 0.3) is 0 Å². The molecule has 6 nitrogen and oxygen atoms in total. The maximum atomic E-state index is 12.7. The molecule has 0 radical (unpaired) electrons. The van der Waals surface area contributed by atoms with E-state index >= 15 is 0 Å². The van der Waals surface area contributed by atoms with Crippen molar-refractivity contribution in [3.8, 4) is 5.75 Å². The van der Waals surface area contributed by atoms with Crippen molar-refractivity contribution in [1.29, 1.82) is 0 Å². The number of methoxy groups -OCH3 is 1. The zero-order chi connectivity index (χ0) is 13.7. The topological polar surface area (TPSA) is 66.2 Å². The van der Waals surface area contributed by atoms with Gasteiger partial charge >= 0.3 is 5.97 Å². The molecule has 1 heterocycles. The van der Waals surface area contributed by atoms with Gasteiger partial charge in [0.05, 0.1) is 19.9 Å². The van der Waals surface area contributed by atoms with E-state index in [-0.39, 0.29) is 11.5 Å². The van der Waals surface area contributed by atoms with Crippen LogP contribution >= 0.6 is 0 Å². The third kappa shape index (κ3) is 3.51. The lowest BCUT2D eigenvalue weighted by atomic mass is 10.3. The van der Waals surface area contributed by atoms with Crippen LogP contribution < -0.4 is 4.74 Å². The monoisotopic (exact) mass is 265 g/mol. The van der Waals surface area contributed by atoms with E-state index in [9.17, 15) is 9.18 Å². The molecule has 1 aromatic carbocycles. The first-order valence-corrected chi connectivity index (χ1v) is 5.56. The van der Waals surface area contributed by atoms with Crippen LogP contribution in [0.1, 0.15) is 10.5 Å². The Morgan fingerprint density at radius 3 is 2.79 bits per heavy atom. The molecule has 0 saturated heterocycles. The lowest BCUT2D eigenvalue weighted by Gasteiger charge is -2.05. The van der Waals surface area contributed by atoms with Gasteiger partial charge in [0.1, 0.15) is 18.2 Å². The van der Waals surface area contributed by atoms with Crippen LogP contribution in [0.5, 0.6) is 5.75 Å². The molecule has 0 spiro atoms. The van der Waals surface area contributed by atoms with Gasteiger partial charge in [-0.25, -0.2) is 13.9 Å². The fourth-order valence-corrected chi connectivity index (χ4v) is 1.39. The van der Waals surface area contributed by atoms with Gasteiger partial charge in [-0.3, -0.25) is 0 Å². The quantitative estimate of drug-likeness (QED) is 0.762. The van der Waals surface area contributed by atoms with Crippen molar-refractivity contribution in [1.82, 2.24) is 15.0 Å². The number of nitrogens with zero attached hydrogens (tertiary/aromatic N) is 3. The van der Waals surface area contributed by atoms with E-state index in [2.05, 4.69) is 15.0 Å². The highest BCUT2D eigenvalue weighted by molar-refractivity contribution is 5.86. The number of benzene rings is 1. The van der Waals surface area contributed by atoms with E-state index in [1.165, 1.54) is 42.3 Å². The number of carbonyl (C=O) groups excluding carboxylic acids is 1. The minimum Gasteiger partial charge on any atom is -0.492 e. The van der Waals surface area contributed by atoms with Crippen molar-refractivity contribution in [3.63, 3.8) is 0 Å². The Kier molecular flexibility index (Phi) is 4.07. The highest BCUT2D eigenvalue weighted by atomic mass is 19.1. The second-order valence-electron chi connectivity index (χ2n) is 3.66. The van der Waals surface area contributed by atoms with E-state index in [0.717, 1.165) is 0 Å². The second-order valence-corrected chi connectivity index (χ2v) is 3.66. The van der Waals surface area contributed by atoms with Gasteiger partial charge in [0, 0.05) is 0 Å². The summed E-state index contributed by atoms with van der Waals surface area (Å²) in [6.07, 6.45) is 1.47. The summed E-state index contributed by atoms with van der Waals surface area (Å²) >= 11 is 0. The van der Waals surface area contributed by atoms with Crippen molar-refractivity contribution < 1.29 is 18.7 Å². The van der Waals surface area contributed by atoms with Gasteiger partial charge in [0.15, 0.2) is 5.69 Å². The van der Waals surface area contributed by atoms with Gasteiger partial charge in [0.25, 0.3) is 0 Å². The molecule has 2 rings (SSSR count). The molecule has 2 aromatic rings. The van der Waals surface area contributed by atoms with E-state index in [4.69, 9.17) is 4.74 Å². The standard InChI is InChI=1S/C12H12FN3O3/c1-18-12(17)11-8-16(15-14-11)6-7-19-10-4-2-9(13)3-5-10/h2-5,8H,6-7H2,1H3. The van der Waals surface area contributed by atoms with Crippen LogP contribution in [0.2, 0.25) is 0 Å². The molecule has 0 aliphatic carbocycles. The number of hydrogen-bond acceptors (Lipinski definition) is 5. The van der Waals surface area contributed by atoms with Crippen LogP contribution in [-0.2, 0) is 11.3 Å². The van der Waals surface area contributed by atoms with E-state index in [1.54, 1.807) is 0 Å². The number of hydrogen-bond donors (Lipinski definition) is 0. The molecule has 100 valence electrons. The zero-order valence-corrected chi connectivity index (χ0v) is 10.2. The smallest absolute Gasteiger partial charge is 0.360 e. The normalized spacial score (nSPS) is 10.2. The van der Waals surface area contributed by atoms with Crippen molar-refractivity contribution in [2.24, 2.45) is 0 Å². The third-order valence-electron chi connectivity index (χ3n) is 2.34. The Morgan fingerprint density at radius 2 is 2.11 bits per heavy atom. The number of rotatable bonds is 5. The van der Waals surface area contributed by atoms with Crippen molar-refractivity contribution >= 4 is 5.97 Å². The minimum atomic E-state index is -0.536. The summed E-state index contributed by atoms with van der Waals surface area (Å²) in [7, 11) is 1.28. The first-order chi connectivity index (χ1) is 9.19. The number of aromatic nitrogens is 3. The molecule has 19 heavy (non-hydrogen) atoms. The van der Waals surface area contributed by atoms with Crippen molar-refractivity contribution in [2.45, 2.75) is 6.54 Å². The lowest BCUT2D eigenvalue weighted by molar-refractivity contribution is 0.0594. The Morgan fingerprint density at radius 1 is 1.37 bits per heavy atom. The van der Waals surface area contributed by atoms with E-state index in [0.29, 0.717) is 18.9 Å². The first kappa shape index (κ1) is 13.0. The van der Waals surface area contributed by atoms with Gasteiger partial charge in [-0.15, -0.1) is 5.10 Å². The predicted octanol–water partition coefficient (Wildman–Crippen LogP) is 1.28. The molecule has 0 bridgehead atoms. The molecule has 0 amide bonds. The fourth-order valence-electron chi connectivity index (χ4n) is 1.39. The number of ether oxygens (including phenoxy) is 2. The fraction of sp³-hybridized carbons (Fsp3) is 0.250. The van der Waals surface area contributed by atoms with Gasteiger partial charge in [-0.05, 0) is 24.3 Å². The van der Waals surface area contributed by atoms with Gasteiger partial charge in [-0.2, -0.15) is 0 Å². The predicted molar refractivity (Wildman–Crippen MR) is 63.3 cm³/mol. The first-order valence-electron chi connectivity index (χ1n) is 5.56. The number of carbonyl (C=O) groups is 1. The van der Waals surface area contributed by atoms with Gasteiger partial charge < -0.3 is 9.47 Å². The molecule has 1 aromatic heterocycles. The largest absolute Gasteiger partial charge is 0.492 e. The third-order valence-corrected chi connectivity index (χ3v) is 2.34. The summed E-state index contributed by atoms with van der Waals surface area (Å²) in [5.41, 5.74) is 0.143. The maximum absolute atomic E-state index is 12.7. The summed E-state index contributed by atoms with van der Waals surface area (Å²) in [5.74, 6) is -0.285. The maximum Gasteiger partial charge on any atom is 0.360 e. The molecular weight excluding hydrogens is 253 g/mol. The van der Waals surface area contributed by atoms with Crippen LogP contribution in [-0.4, -0.2) is 34.7 Å². The molecule has 0 N–H and O–H groups in total. The molecule has 7 heteroatoms. The molecule has 0 aliphatic rings. The molecule has 0 atom stereocenters. The van der Waals surface area contributed by atoms with Crippen LogP contribution in [0, 0.1) is 5.82 Å². The summed E-state index contributed by atoms with van der Waals surface area (Å²) < 4.78 is 24.0. The molecular formula is C12H12FN3O3. The summed E-state index contributed by atoms with van der Waals surface area (Å²) in [4.78, 5) is 11.1. The Labute approximate surface area is 108 Å². The summed E-state index contributed by atoms with van der Waals surface area (Å²) in [6, 6.07) is 5.72. The minimum absolute atomic E-state index is 0.143. The number of halogens is 1. The average Bonchev–Trinajstić information content (AvgIpc) is 2.89.